The Morgan fingerprint density at radius 1 is 1.19 bits per heavy atom. The first-order chi connectivity index (χ1) is 10.1. The first-order valence-corrected chi connectivity index (χ1v) is 7.90. The first kappa shape index (κ1) is 15.9. The molecule has 6 nitrogen and oxygen atoms in total. The Morgan fingerprint density at radius 2 is 1.90 bits per heavy atom. The summed E-state index contributed by atoms with van der Waals surface area (Å²) in [7, 11) is 1.89. The number of carbonyl (C=O) groups is 1. The van der Waals surface area contributed by atoms with Crippen LogP contribution in [0.1, 0.15) is 37.3 Å². The van der Waals surface area contributed by atoms with Crippen molar-refractivity contribution in [3.8, 4) is 0 Å². The maximum Gasteiger partial charge on any atom is 0.224 e. The van der Waals surface area contributed by atoms with Crippen LogP contribution in [0.3, 0.4) is 0 Å². The third-order valence-electron chi connectivity index (χ3n) is 4.13. The molecular weight excluding hydrogens is 266 g/mol. The quantitative estimate of drug-likeness (QED) is 0.791. The third-order valence-corrected chi connectivity index (χ3v) is 4.13. The molecule has 118 valence electrons. The molecule has 0 aromatic carbocycles. The molecule has 1 saturated heterocycles. The SMILES string of the molecule is Cc1nc(C)n(CCC(=O)N(C)CCN2CCCCC2)n1. The fraction of sp³-hybridized carbons (Fsp3) is 0.800. The highest BCUT2D eigenvalue weighted by Crippen LogP contribution is 2.08. The number of hydrogen-bond donors (Lipinski definition) is 0. The van der Waals surface area contributed by atoms with Crippen LogP contribution >= 0.6 is 0 Å². The average Bonchev–Trinajstić information content (AvgIpc) is 2.81. The molecule has 1 aliphatic rings. The summed E-state index contributed by atoms with van der Waals surface area (Å²) in [5.41, 5.74) is 0. The lowest BCUT2D eigenvalue weighted by atomic mass is 10.1. The van der Waals surface area contributed by atoms with E-state index in [4.69, 9.17) is 0 Å². The molecule has 1 aromatic rings. The Balaban J connectivity index is 1.70. The van der Waals surface area contributed by atoms with Crippen LogP contribution in [0.15, 0.2) is 0 Å². The topological polar surface area (TPSA) is 54.3 Å². The van der Waals surface area contributed by atoms with Gasteiger partial charge in [0.1, 0.15) is 11.6 Å². The summed E-state index contributed by atoms with van der Waals surface area (Å²) in [5, 5.41) is 4.29. The number of aryl methyl sites for hydroxylation is 3. The summed E-state index contributed by atoms with van der Waals surface area (Å²) in [6.45, 7) is 8.57. The van der Waals surface area contributed by atoms with E-state index in [2.05, 4.69) is 15.0 Å². The van der Waals surface area contributed by atoms with E-state index in [0.29, 0.717) is 13.0 Å². The van der Waals surface area contributed by atoms with E-state index in [-0.39, 0.29) is 5.91 Å². The summed E-state index contributed by atoms with van der Waals surface area (Å²) < 4.78 is 1.81. The highest BCUT2D eigenvalue weighted by atomic mass is 16.2. The molecule has 0 spiro atoms. The Kier molecular flexibility index (Phi) is 5.73. The van der Waals surface area contributed by atoms with Crippen LogP contribution in [0, 0.1) is 13.8 Å². The molecule has 21 heavy (non-hydrogen) atoms. The molecule has 0 bridgehead atoms. The highest BCUT2D eigenvalue weighted by molar-refractivity contribution is 5.75. The third kappa shape index (κ3) is 4.81. The van der Waals surface area contributed by atoms with Crippen LogP contribution in [0.4, 0.5) is 0 Å². The van der Waals surface area contributed by atoms with Crippen molar-refractivity contribution in [3.05, 3.63) is 11.6 Å². The largest absolute Gasteiger partial charge is 0.344 e. The highest BCUT2D eigenvalue weighted by Gasteiger charge is 2.14. The number of hydrogen-bond acceptors (Lipinski definition) is 4. The van der Waals surface area contributed by atoms with Gasteiger partial charge in [-0.1, -0.05) is 6.42 Å². The lowest BCUT2D eigenvalue weighted by Crippen LogP contribution is -2.38. The maximum atomic E-state index is 12.2. The molecule has 1 amide bonds. The van der Waals surface area contributed by atoms with Gasteiger partial charge in [-0.3, -0.25) is 4.79 Å². The van der Waals surface area contributed by atoms with Gasteiger partial charge < -0.3 is 9.80 Å². The average molecular weight is 293 g/mol. The second-order valence-electron chi connectivity index (χ2n) is 5.90. The van der Waals surface area contributed by atoms with Gasteiger partial charge in [-0.25, -0.2) is 9.67 Å². The molecular formula is C15H27N5O. The maximum absolute atomic E-state index is 12.2. The van der Waals surface area contributed by atoms with Gasteiger partial charge in [-0.05, 0) is 39.8 Å². The van der Waals surface area contributed by atoms with Gasteiger partial charge >= 0.3 is 0 Å². The van der Waals surface area contributed by atoms with Crippen molar-refractivity contribution >= 4 is 5.91 Å². The fourth-order valence-electron chi connectivity index (χ4n) is 2.76. The molecule has 0 atom stereocenters. The number of aromatic nitrogens is 3. The van der Waals surface area contributed by atoms with Crippen LogP contribution in [0.2, 0.25) is 0 Å². The van der Waals surface area contributed by atoms with Gasteiger partial charge in [0.15, 0.2) is 0 Å². The van der Waals surface area contributed by atoms with E-state index < -0.39 is 0 Å². The van der Waals surface area contributed by atoms with E-state index in [1.165, 1.54) is 32.4 Å². The lowest BCUT2D eigenvalue weighted by Gasteiger charge is -2.28. The van der Waals surface area contributed by atoms with Crippen LogP contribution in [-0.2, 0) is 11.3 Å². The second kappa shape index (κ2) is 7.54. The summed E-state index contributed by atoms with van der Waals surface area (Å²) in [5.74, 6) is 1.81. The Labute approximate surface area is 127 Å². The smallest absolute Gasteiger partial charge is 0.224 e. The minimum absolute atomic E-state index is 0.180. The summed E-state index contributed by atoms with van der Waals surface area (Å²) in [6.07, 6.45) is 4.42. The monoisotopic (exact) mass is 293 g/mol. The number of nitrogens with zero attached hydrogens (tertiary/aromatic N) is 5. The molecule has 0 aliphatic carbocycles. The first-order valence-electron chi connectivity index (χ1n) is 7.90. The van der Waals surface area contributed by atoms with E-state index in [0.717, 1.165) is 24.7 Å². The number of carbonyl (C=O) groups excluding carboxylic acids is 1. The standard InChI is InChI=1S/C15H27N5O/c1-13-16-14(2)20(17-13)10-7-15(21)18(3)11-12-19-8-5-4-6-9-19/h4-12H2,1-3H3. The van der Waals surface area contributed by atoms with Gasteiger partial charge in [-0.2, -0.15) is 5.10 Å². The van der Waals surface area contributed by atoms with E-state index in [1.807, 2.05) is 30.5 Å². The molecule has 6 heteroatoms. The van der Waals surface area contributed by atoms with Gasteiger partial charge in [0.05, 0.1) is 6.54 Å². The van der Waals surface area contributed by atoms with Crippen LogP contribution in [0.5, 0.6) is 0 Å². The molecule has 0 radical (unpaired) electrons. The predicted molar refractivity (Wildman–Crippen MR) is 82.0 cm³/mol. The molecule has 1 aromatic heterocycles. The van der Waals surface area contributed by atoms with Crippen LogP contribution in [-0.4, -0.2) is 63.7 Å². The zero-order chi connectivity index (χ0) is 15.2. The Hall–Kier alpha value is -1.43. The summed E-state index contributed by atoms with van der Waals surface area (Å²) in [4.78, 5) is 20.7. The van der Waals surface area contributed by atoms with Crippen molar-refractivity contribution in [1.82, 2.24) is 24.6 Å². The zero-order valence-electron chi connectivity index (χ0n) is 13.5. The second-order valence-corrected chi connectivity index (χ2v) is 5.90. The lowest BCUT2D eigenvalue weighted by molar-refractivity contribution is -0.130. The minimum atomic E-state index is 0.180. The number of likely N-dealkylation sites (tertiary alicyclic amines) is 1. The molecule has 0 unspecified atom stereocenters. The summed E-state index contributed by atoms with van der Waals surface area (Å²) >= 11 is 0. The van der Waals surface area contributed by atoms with Gasteiger partial charge in [-0.15, -0.1) is 0 Å². The van der Waals surface area contributed by atoms with Gasteiger partial charge in [0.2, 0.25) is 5.91 Å². The minimum Gasteiger partial charge on any atom is -0.344 e. The Morgan fingerprint density at radius 3 is 2.52 bits per heavy atom. The predicted octanol–water partition coefficient (Wildman–Crippen LogP) is 1.23. The van der Waals surface area contributed by atoms with Gasteiger partial charge in [0.25, 0.3) is 0 Å². The molecule has 2 rings (SSSR count). The molecule has 1 fully saturated rings. The molecule has 1 aliphatic heterocycles. The Bertz CT molecular complexity index is 465. The normalized spacial score (nSPS) is 16.1. The van der Waals surface area contributed by atoms with Crippen molar-refractivity contribution in [2.24, 2.45) is 0 Å². The number of amides is 1. The molecule has 2 heterocycles. The molecule has 0 N–H and O–H groups in total. The number of likely N-dealkylation sites (N-methyl/N-ethyl adjacent to an activating group) is 1. The van der Waals surface area contributed by atoms with Gasteiger partial charge in [0, 0.05) is 26.6 Å². The van der Waals surface area contributed by atoms with Crippen molar-refractivity contribution in [1.29, 1.82) is 0 Å². The van der Waals surface area contributed by atoms with E-state index >= 15 is 0 Å². The van der Waals surface area contributed by atoms with Crippen LogP contribution < -0.4 is 0 Å². The zero-order valence-corrected chi connectivity index (χ0v) is 13.5. The molecule has 0 saturated carbocycles. The van der Waals surface area contributed by atoms with E-state index in [9.17, 15) is 4.79 Å². The fourth-order valence-corrected chi connectivity index (χ4v) is 2.76. The van der Waals surface area contributed by atoms with Crippen molar-refractivity contribution in [2.75, 3.05) is 33.2 Å². The number of piperidine rings is 1. The number of rotatable bonds is 6. The van der Waals surface area contributed by atoms with Crippen molar-refractivity contribution in [2.45, 2.75) is 46.1 Å². The van der Waals surface area contributed by atoms with E-state index in [1.54, 1.807) is 0 Å². The van der Waals surface area contributed by atoms with Crippen molar-refractivity contribution in [3.63, 3.8) is 0 Å². The van der Waals surface area contributed by atoms with Crippen molar-refractivity contribution < 1.29 is 4.79 Å². The van der Waals surface area contributed by atoms with Crippen LogP contribution in [0.25, 0.3) is 0 Å². The summed E-state index contributed by atoms with van der Waals surface area (Å²) in [6, 6.07) is 0.